The Morgan fingerprint density at radius 3 is 2.35 bits per heavy atom. The van der Waals surface area contributed by atoms with Gasteiger partial charge in [0.1, 0.15) is 5.82 Å². The monoisotopic (exact) mass is 818 g/mol. The topological polar surface area (TPSA) is 104 Å². The maximum atomic E-state index is 14.6. The van der Waals surface area contributed by atoms with E-state index in [9.17, 15) is 28.7 Å². The van der Waals surface area contributed by atoms with E-state index in [0.717, 1.165) is 14.5 Å². The van der Waals surface area contributed by atoms with Gasteiger partial charge in [0.25, 0.3) is 0 Å². The van der Waals surface area contributed by atoms with E-state index in [0.29, 0.717) is 21.3 Å². The Morgan fingerprint density at radius 2 is 1.67 bits per heavy atom. The molecular formula is C34H26BrClFIN2O6. The summed E-state index contributed by atoms with van der Waals surface area (Å²) >= 11 is 11.7. The van der Waals surface area contributed by atoms with Crippen LogP contribution < -0.4 is 14.5 Å². The zero-order valence-corrected chi connectivity index (χ0v) is 29.0. The fraction of sp³-hybridized carbons (Fsp3) is 0.294. The van der Waals surface area contributed by atoms with Crippen molar-refractivity contribution in [2.45, 2.75) is 25.7 Å². The predicted octanol–water partition coefficient (Wildman–Crippen LogP) is 7.00. The number of hydrogen-bond acceptors (Lipinski definition) is 6. The van der Waals surface area contributed by atoms with Crippen molar-refractivity contribution >= 4 is 85.1 Å². The number of benzene rings is 3. The average Bonchev–Trinajstić information content (AvgIpc) is 3.39. The van der Waals surface area contributed by atoms with Gasteiger partial charge in [-0.1, -0.05) is 39.2 Å². The molecule has 46 heavy (non-hydrogen) atoms. The number of nitrogens with zero attached hydrogens (tertiary/aromatic N) is 2. The molecule has 236 valence electrons. The highest BCUT2D eigenvalue weighted by Gasteiger charge is 2.68. The van der Waals surface area contributed by atoms with Gasteiger partial charge in [0, 0.05) is 19.5 Å². The molecule has 1 N–H and O–H groups in total. The molecule has 0 unspecified atom stereocenters. The highest BCUT2D eigenvalue weighted by Crippen LogP contribution is 2.65. The molecule has 4 amide bonds. The van der Waals surface area contributed by atoms with Crippen LogP contribution in [-0.4, -0.2) is 35.8 Å². The molecule has 2 aliphatic carbocycles. The number of ether oxygens (including phenoxy) is 1. The van der Waals surface area contributed by atoms with E-state index in [1.54, 1.807) is 31.2 Å². The first kappa shape index (κ1) is 31.3. The lowest BCUT2D eigenvalue weighted by Gasteiger charge is -2.49. The summed E-state index contributed by atoms with van der Waals surface area (Å²) in [6.45, 7) is 1.70. The van der Waals surface area contributed by atoms with Crippen molar-refractivity contribution in [1.29, 1.82) is 0 Å². The van der Waals surface area contributed by atoms with Crippen LogP contribution in [-0.2, 0) is 19.2 Å². The van der Waals surface area contributed by atoms with E-state index in [4.69, 9.17) is 16.3 Å². The summed E-state index contributed by atoms with van der Waals surface area (Å²) in [4.78, 5) is 59.2. The predicted molar refractivity (Wildman–Crippen MR) is 180 cm³/mol. The highest BCUT2D eigenvalue weighted by molar-refractivity contribution is 14.1. The number of aromatic hydroxyl groups is 1. The van der Waals surface area contributed by atoms with Crippen LogP contribution in [0.25, 0.3) is 0 Å². The Morgan fingerprint density at radius 1 is 0.978 bits per heavy atom. The van der Waals surface area contributed by atoms with Crippen molar-refractivity contribution < 1.29 is 33.4 Å². The molecule has 6 atom stereocenters. The lowest BCUT2D eigenvalue weighted by Crippen LogP contribution is -2.49. The maximum Gasteiger partial charge on any atom is 0.241 e. The second-order valence-electron chi connectivity index (χ2n) is 12.3. The molecule has 2 saturated heterocycles. The van der Waals surface area contributed by atoms with Crippen LogP contribution in [0.4, 0.5) is 15.8 Å². The second-order valence-corrected chi connectivity index (χ2v) is 14.9. The van der Waals surface area contributed by atoms with Crippen molar-refractivity contribution in [2.75, 3.05) is 16.9 Å². The van der Waals surface area contributed by atoms with Crippen molar-refractivity contribution in [3.05, 3.63) is 90.7 Å². The van der Waals surface area contributed by atoms with Gasteiger partial charge in [0.2, 0.25) is 23.6 Å². The molecule has 0 radical (unpaired) electrons. The van der Waals surface area contributed by atoms with E-state index in [1.165, 1.54) is 24.1 Å². The largest absolute Gasteiger partial charge is 0.504 e. The summed E-state index contributed by atoms with van der Waals surface area (Å²) in [7, 11) is 1.41. The van der Waals surface area contributed by atoms with Gasteiger partial charge in [-0.05, 0) is 103 Å². The van der Waals surface area contributed by atoms with Crippen LogP contribution in [0.15, 0.2) is 70.7 Å². The molecule has 0 spiro atoms. The van der Waals surface area contributed by atoms with Gasteiger partial charge < -0.3 is 9.84 Å². The number of phenolic OH excluding ortho intramolecular Hbond substituents is 1. The van der Waals surface area contributed by atoms with E-state index in [-0.39, 0.29) is 46.9 Å². The molecular weight excluding hydrogens is 794 g/mol. The summed E-state index contributed by atoms with van der Waals surface area (Å²) in [5.41, 5.74) is 0.238. The van der Waals surface area contributed by atoms with E-state index < -0.39 is 52.6 Å². The molecule has 2 heterocycles. The van der Waals surface area contributed by atoms with Crippen LogP contribution in [0.1, 0.15) is 31.2 Å². The third-order valence-corrected chi connectivity index (χ3v) is 11.6. The number of anilines is 2. The van der Waals surface area contributed by atoms with E-state index >= 15 is 0 Å². The molecule has 8 nitrogen and oxygen atoms in total. The molecule has 2 aliphatic heterocycles. The molecule has 3 aromatic carbocycles. The number of hydrogen-bond donors (Lipinski definition) is 1. The Kier molecular flexibility index (Phi) is 7.60. The Labute approximate surface area is 290 Å². The zero-order chi connectivity index (χ0) is 32.8. The smallest absolute Gasteiger partial charge is 0.241 e. The fourth-order valence-electron chi connectivity index (χ4n) is 8.04. The van der Waals surface area contributed by atoms with Gasteiger partial charge >= 0.3 is 0 Å². The van der Waals surface area contributed by atoms with Crippen molar-refractivity contribution in [3.63, 3.8) is 0 Å². The number of phenols is 1. The summed E-state index contributed by atoms with van der Waals surface area (Å²) in [5.74, 6) is -6.24. The number of methoxy groups -OCH3 is 1. The maximum absolute atomic E-state index is 14.6. The molecule has 7 rings (SSSR count). The summed E-state index contributed by atoms with van der Waals surface area (Å²) in [5, 5.41) is 11.3. The van der Waals surface area contributed by atoms with Gasteiger partial charge in [0.05, 0.1) is 46.7 Å². The Hall–Kier alpha value is -3.29. The highest BCUT2D eigenvalue weighted by atomic mass is 127. The van der Waals surface area contributed by atoms with Gasteiger partial charge in [-0.25, -0.2) is 9.29 Å². The molecule has 0 bridgehead atoms. The van der Waals surface area contributed by atoms with Gasteiger partial charge in [-0.3, -0.25) is 24.1 Å². The number of carbonyl (C=O) groups excluding carboxylic acids is 4. The molecule has 1 saturated carbocycles. The van der Waals surface area contributed by atoms with Gasteiger partial charge in [-0.2, -0.15) is 0 Å². The fourth-order valence-corrected chi connectivity index (χ4v) is 9.03. The minimum absolute atomic E-state index is 0.124. The van der Waals surface area contributed by atoms with Gasteiger partial charge in [-0.15, -0.1) is 0 Å². The first-order valence-corrected chi connectivity index (χ1v) is 16.9. The second kappa shape index (κ2) is 11.2. The lowest BCUT2D eigenvalue weighted by atomic mass is 9.51. The number of fused-ring (bicyclic) bond motifs is 4. The molecule has 0 aromatic heterocycles. The van der Waals surface area contributed by atoms with Gasteiger partial charge in [0.15, 0.2) is 11.5 Å². The minimum Gasteiger partial charge on any atom is -0.504 e. The van der Waals surface area contributed by atoms with Crippen LogP contribution in [0, 0.1) is 38.5 Å². The summed E-state index contributed by atoms with van der Waals surface area (Å²) in [6.07, 6.45) is 2.29. The summed E-state index contributed by atoms with van der Waals surface area (Å²) < 4.78 is 21.1. The number of rotatable bonds is 4. The SMILES string of the molecule is COc1cc(Br)cc([C@H]2C3=CC[C@@H]4C(=O)N(c5ccc(I)cc5)C(=O)[C@@H]4[C@@H]3C[C@H]3C(=O)N(c4ccc(F)c(Cl)c4)C(=O)[C@@]23C)c1O. The lowest BCUT2D eigenvalue weighted by molar-refractivity contribution is -0.131. The number of carbonyl (C=O) groups is 4. The van der Waals surface area contributed by atoms with Crippen molar-refractivity contribution in [1.82, 2.24) is 0 Å². The molecule has 3 aromatic rings. The van der Waals surface area contributed by atoms with Crippen LogP contribution in [0.2, 0.25) is 5.02 Å². The number of imide groups is 2. The Balaban J connectivity index is 1.40. The molecule has 3 fully saturated rings. The van der Waals surface area contributed by atoms with E-state index in [1.807, 2.05) is 18.2 Å². The number of allylic oxidation sites excluding steroid dienone is 2. The van der Waals surface area contributed by atoms with Crippen molar-refractivity contribution in [2.24, 2.45) is 29.1 Å². The third kappa shape index (κ3) is 4.41. The zero-order valence-electron chi connectivity index (χ0n) is 24.5. The van der Waals surface area contributed by atoms with Crippen LogP contribution >= 0.6 is 50.1 Å². The minimum atomic E-state index is -1.42. The number of halogens is 4. The quantitative estimate of drug-likeness (QED) is 0.173. The van der Waals surface area contributed by atoms with Crippen LogP contribution in [0.3, 0.4) is 0 Å². The average molecular weight is 820 g/mol. The van der Waals surface area contributed by atoms with E-state index in [2.05, 4.69) is 38.5 Å². The number of amides is 4. The standard InChI is InChI=1S/C34H26BrClFIN2O6/c1-34-23(31(43)40(33(34)45)18-7-10-25(37)24(36)13-18)14-21-19(28(34)22-11-15(35)12-26(46-2)29(22)41)8-9-20-27(21)32(44)39(30(20)42)17-5-3-16(38)4-6-17/h3-8,10-13,20-21,23,27-28,41H,9,14H2,1-2H3/t20-,21+,23-,27-,28+,34+/m0/s1. The van der Waals surface area contributed by atoms with Crippen LogP contribution in [0.5, 0.6) is 11.5 Å². The Bertz CT molecular complexity index is 1900. The van der Waals surface area contributed by atoms with Crippen molar-refractivity contribution in [3.8, 4) is 11.5 Å². The first-order valence-electron chi connectivity index (χ1n) is 14.6. The normalized spacial score (nSPS) is 28.7. The summed E-state index contributed by atoms with van der Waals surface area (Å²) in [6, 6.07) is 14.1. The third-order valence-electron chi connectivity index (χ3n) is 10.1. The first-order chi connectivity index (χ1) is 21.9. The molecule has 4 aliphatic rings. The molecule has 12 heteroatoms.